The number of anilines is 1. The summed E-state index contributed by atoms with van der Waals surface area (Å²) in [5, 5.41) is 3.64. The van der Waals surface area contributed by atoms with Crippen LogP contribution in [0.3, 0.4) is 0 Å². The zero-order valence-electron chi connectivity index (χ0n) is 13.7. The van der Waals surface area contributed by atoms with E-state index in [1.54, 1.807) is 0 Å². The quantitative estimate of drug-likeness (QED) is 0.892. The lowest BCUT2D eigenvalue weighted by atomic mass is 10.0. The van der Waals surface area contributed by atoms with Crippen molar-refractivity contribution in [2.75, 3.05) is 24.5 Å². The Balaban J connectivity index is 1.94. The average Bonchev–Trinajstić information content (AvgIpc) is 2.84. The molecule has 1 aliphatic rings. The van der Waals surface area contributed by atoms with Crippen molar-refractivity contribution in [3.8, 4) is 0 Å². The lowest BCUT2D eigenvalue weighted by Gasteiger charge is -2.24. The van der Waals surface area contributed by atoms with E-state index in [4.69, 9.17) is 0 Å². The van der Waals surface area contributed by atoms with Crippen molar-refractivity contribution in [3.63, 3.8) is 0 Å². The van der Waals surface area contributed by atoms with E-state index >= 15 is 0 Å². The molecule has 1 fully saturated rings. The monoisotopic (exact) mass is 274 g/mol. The first-order valence-electron chi connectivity index (χ1n) is 7.95. The van der Waals surface area contributed by atoms with Gasteiger partial charge in [-0.3, -0.25) is 0 Å². The molecule has 1 aliphatic heterocycles. The van der Waals surface area contributed by atoms with Crippen LogP contribution in [0.1, 0.15) is 52.5 Å². The molecule has 0 amide bonds. The Morgan fingerprint density at radius 1 is 1.30 bits per heavy atom. The van der Waals surface area contributed by atoms with E-state index in [1.807, 2.05) is 0 Å². The van der Waals surface area contributed by atoms with Crippen LogP contribution in [0.25, 0.3) is 0 Å². The SMILES string of the molecule is CC(C)c1cccc(N2CCC(CNC(C)(C)C)C2)c1. The van der Waals surface area contributed by atoms with Crippen molar-refractivity contribution < 1.29 is 0 Å². The van der Waals surface area contributed by atoms with E-state index < -0.39 is 0 Å². The molecule has 1 heterocycles. The smallest absolute Gasteiger partial charge is 0.0369 e. The largest absolute Gasteiger partial charge is 0.371 e. The molecule has 0 saturated carbocycles. The molecule has 0 bridgehead atoms. The van der Waals surface area contributed by atoms with Crippen LogP contribution < -0.4 is 10.2 Å². The first kappa shape index (κ1) is 15.4. The first-order valence-corrected chi connectivity index (χ1v) is 7.95. The van der Waals surface area contributed by atoms with Crippen LogP contribution in [0.15, 0.2) is 24.3 Å². The van der Waals surface area contributed by atoms with E-state index in [9.17, 15) is 0 Å². The van der Waals surface area contributed by atoms with E-state index in [0.29, 0.717) is 5.92 Å². The van der Waals surface area contributed by atoms with Crippen molar-refractivity contribution in [3.05, 3.63) is 29.8 Å². The highest BCUT2D eigenvalue weighted by molar-refractivity contribution is 5.50. The molecule has 0 aromatic heterocycles. The predicted octanol–water partition coefficient (Wildman–Crippen LogP) is 4.02. The van der Waals surface area contributed by atoms with Gasteiger partial charge in [0.2, 0.25) is 0 Å². The summed E-state index contributed by atoms with van der Waals surface area (Å²) in [5.41, 5.74) is 3.07. The van der Waals surface area contributed by atoms with Crippen molar-refractivity contribution in [1.29, 1.82) is 0 Å². The predicted molar refractivity (Wildman–Crippen MR) is 88.6 cm³/mol. The van der Waals surface area contributed by atoms with E-state index in [2.05, 4.69) is 69.1 Å². The van der Waals surface area contributed by atoms with Gasteiger partial charge < -0.3 is 10.2 Å². The minimum Gasteiger partial charge on any atom is -0.371 e. The molecule has 0 radical (unpaired) electrons. The van der Waals surface area contributed by atoms with Crippen LogP contribution in [-0.2, 0) is 0 Å². The summed E-state index contributed by atoms with van der Waals surface area (Å²) in [6.07, 6.45) is 1.30. The molecular formula is C18H30N2. The number of nitrogens with one attached hydrogen (secondary N) is 1. The van der Waals surface area contributed by atoms with Crippen LogP contribution >= 0.6 is 0 Å². The topological polar surface area (TPSA) is 15.3 Å². The molecule has 2 heteroatoms. The van der Waals surface area contributed by atoms with Gasteiger partial charge in [0.05, 0.1) is 0 Å². The number of hydrogen-bond donors (Lipinski definition) is 1. The number of hydrogen-bond acceptors (Lipinski definition) is 2. The fourth-order valence-corrected chi connectivity index (χ4v) is 2.76. The lowest BCUT2D eigenvalue weighted by molar-refractivity contribution is 0.383. The molecule has 1 aromatic carbocycles. The van der Waals surface area contributed by atoms with Gasteiger partial charge >= 0.3 is 0 Å². The Kier molecular flexibility index (Phi) is 4.74. The van der Waals surface area contributed by atoms with Crippen molar-refractivity contribution in [1.82, 2.24) is 5.32 Å². The number of nitrogens with zero attached hydrogens (tertiary/aromatic N) is 1. The normalized spacial score (nSPS) is 19.9. The van der Waals surface area contributed by atoms with Crippen LogP contribution in [0, 0.1) is 5.92 Å². The van der Waals surface area contributed by atoms with E-state index in [1.165, 1.54) is 30.8 Å². The summed E-state index contributed by atoms with van der Waals surface area (Å²) in [4.78, 5) is 2.54. The number of benzene rings is 1. The molecule has 112 valence electrons. The second kappa shape index (κ2) is 6.17. The minimum absolute atomic E-state index is 0.227. The Morgan fingerprint density at radius 3 is 2.70 bits per heavy atom. The highest BCUT2D eigenvalue weighted by Crippen LogP contribution is 2.26. The molecule has 0 aliphatic carbocycles. The summed E-state index contributed by atoms with van der Waals surface area (Å²) in [7, 11) is 0. The van der Waals surface area contributed by atoms with Crippen molar-refractivity contribution in [2.24, 2.45) is 5.92 Å². The third-order valence-corrected chi connectivity index (χ3v) is 4.11. The van der Waals surface area contributed by atoms with Gasteiger partial charge in [-0.2, -0.15) is 0 Å². The van der Waals surface area contributed by atoms with Gasteiger partial charge in [-0.1, -0.05) is 26.0 Å². The maximum absolute atomic E-state index is 3.64. The zero-order valence-corrected chi connectivity index (χ0v) is 13.7. The Morgan fingerprint density at radius 2 is 2.05 bits per heavy atom. The summed E-state index contributed by atoms with van der Waals surface area (Å²) in [5.74, 6) is 1.38. The molecule has 0 spiro atoms. The molecular weight excluding hydrogens is 244 g/mol. The fourth-order valence-electron chi connectivity index (χ4n) is 2.76. The second-order valence-electron chi connectivity index (χ2n) is 7.48. The molecule has 1 saturated heterocycles. The number of rotatable bonds is 4. The molecule has 1 N–H and O–H groups in total. The Labute approximate surface area is 124 Å². The van der Waals surface area contributed by atoms with Crippen LogP contribution in [0.5, 0.6) is 0 Å². The van der Waals surface area contributed by atoms with Gasteiger partial charge in [0.15, 0.2) is 0 Å². The van der Waals surface area contributed by atoms with Crippen molar-refractivity contribution in [2.45, 2.75) is 52.5 Å². The van der Waals surface area contributed by atoms with Gasteiger partial charge in [-0.15, -0.1) is 0 Å². The fraction of sp³-hybridized carbons (Fsp3) is 0.667. The van der Waals surface area contributed by atoms with Crippen molar-refractivity contribution >= 4 is 5.69 Å². The second-order valence-corrected chi connectivity index (χ2v) is 7.48. The summed E-state index contributed by atoms with van der Waals surface area (Å²) in [6, 6.07) is 9.06. The van der Waals surface area contributed by atoms with Gasteiger partial charge in [0.25, 0.3) is 0 Å². The van der Waals surface area contributed by atoms with Gasteiger partial charge in [-0.05, 0) is 56.7 Å². The molecule has 1 unspecified atom stereocenters. The van der Waals surface area contributed by atoms with Crippen LogP contribution in [0.4, 0.5) is 5.69 Å². The molecule has 1 aromatic rings. The highest BCUT2D eigenvalue weighted by atomic mass is 15.2. The summed E-state index contributed by atoms with van der Waals surface area (Å²) in [6.45, 7) is 14.8. The third kappa shape index (κ3) is 4.24. The summed E-state index contributed by atoms with van der Waals surface area (Å²) >= 11 is 0. The lowest BCUT2D eigenvalue weighted by Crippen LogP contribution is -2.39. The third-order valence-electron chi connectivity index (χ3n) is 4.11. The first-order chi connectivity index (χ1) is 9.35. The zero-order chi connectivity index (χ0) is 14.8. The maximum Gasteiger partial charge on any atom is 0.0369 e. The van der Waals surface area contributed by atoms with E-state index in [-0.39, 0.29) is 5.54 Å². The molecule has 1 atom stereocenters. The van der Waals surface area contributed by atoms with Gasteiger partial charge in [0, 0.05) is 30.9 Å². The summed E-state index contributed by atoms with van der Waals surface area (Å²) < 4.78 is 0. The Bertz CT molecular complexity index is 431. The Hall–Kier alpha value is -1.02. The van der Waals surface area contributed by atoms with Crippen LogP contribution in [-0.4, -0.2) is 25.2 Å². The highest BCUT2D eigenvalue weighted by Gasteiger charge is 2.24. The average molecular weight is 274 g/mol. The van der Waals surface area contributed by atoms with Crippen LogP contribution in [0.2, 0.25) is 0 Å². The van der Waals surface area contributed by atoms with Gasteiger partial charge in [0.1, 0.15) is 0 Å². The molecule has 2 rings (SSSR count). The minimum atomic E-state index is 0.227. The van der Waals surface area contributed by atoms with E-state index in [0.717, 1.165) is 12.5 Å². The van der Waals surface area contributed by atoms with Gasteiger partial charge in [-0.25, -0.2) is 0 Å². The standard InChI is InChI=1S/C18H30N2/c1-14(2)16-7-6-8-17(11-16)20-10-9-15(13-20)12-19-18(3,4)5/h6-8,11,14-15,19H,9-10,12-13H2,1-5H3. The molecule has 2 nitrogen and oxygen atoms in total. The maximum atomic E-state index is 3.64. The molecule has 20 heavy (non-hydrogen) atoms.